The standard InChI is InChI=1S/C23H23N3O3/c1-29-21-14-18(11-12-20(21)26-13-5-10-22(26)27)25-23(28)24-15-17-8-4-7-16-6-2-3-9-19(16)17/h2-4,6-9,11-12,14H,5,10,13,15H2,1H3,(H2,24,25,28). The second-order valence-electron chi connectivity index (χ2n) is 6.98. The number of hydrogen-bond donors (Lipinski definition) is 2. The minimum absolute atomic E-state index is 0.0943. The van der Waals surface area contributed by atoms with Gasteiger partial charge in [0, 0.05) is 31.3 Å². The van der Waals surface area contributed by atoms with Crippen molar-refractivity contribution in [2.45, 2.75) is 19.4 Å². The zero-order valence-corrected chi connectivity index (χ0v) is 16.3. The van der Waals surface area contributed by atoms with Crippen molar-refractivity contribution in [3.05, 3.63) is 66.2 Å². The molecule has 1 saturated heterocycles. The number of carbonyl (C=O) groups is 2. The average molecular weight is 389 g/mol. The van der Waals surface area contributed by atoms with E-state index in [-0.39, 0.29) is 11.9 Å². The lowest BCUT2D eigenvalue weighted by molar-refractivity contribution is -0.117. The lowest BCUT2D eigenvalue weighted by Gasteiger charge is -2.19. The number of fused-ring (bicyclic) bond motifs is 1. The Morgan fingerprint density at radius 2 is 1.93 bits per heavy atom. The molecule has 0 spiro atoms. The maximum absolute atomic E-state index is 12.4. The fraction of sp³-hybridized carbons (Fsp3) is 0.217. The van der Waals surface area contributed by atoms with Gasteiger partial charge >= 0.3 is 6.03 Å². The first-order valence-electron chi connectivity index (χ1n) is 9.65. The van der Waals surface area contributed by atoms with E-state index in [2.05, 4.69) is 22.8 Å². The zero-order valence-electron chi connectivity index (χ0n) is 16.3. The van der Waals surface area contributed by atoms with Crippen LogP contribution in [0.3, 0.4) is 0 Å². The summed E-state index contributed by atoms with van der Waals surface area (Å²) in [6, 6.07) is 19.2. The normalized spacial score (nSPS) is 13.6. The second-order valence-corrected chi connectivity index (χ2v) is 6.98. The first-order valence-corrected chi connectivity index (χ1v) is 9.65. The van der Waals surface area contributed by atoms with E-state index in [1.54, 1.807) is 24.1 Å². The number of rotatable bonds is 5. The summed E-state index contributed by atoms with van der Waals surface area (Å²) in [6.07, 6.45) is 1.40. The molecular formula is C23H23N3O3. The highest BCUT2D eigenvalue weighted by Gasteiger charge is 2.24. The van der Waals surface area contributed by atoms with Gasteiger partial charge in [0.25, 0.3) is 0 Å². The lowest BCUT2D eigenvalue weighted by atomic mass is 10.0. The van der Waals surface area contributed by atoms with Gasteiger partial charge in [0.05, 0.1) is 12.8 Å². The van der Waals surface area contributed by atoms with E-state index in [0.29, 0.717) is 30.9 Å². The monoisotopic (exact) mass is 389 g/mol. The van der Waals surface area contributed by atoms with Crippen LogP contribution >= 0.6 is 0 Å². The number of anilines is 2. The number of ether oxygens (including phenoxy) is 1. The summed E-state index contributed by atoms with van der Waals surface area (Å²) < 4.78 is 5.44. The molecule has 2 N–H and O–H groups in total. The minimum atomic E-state index is -0.301. The lowest BCUT2D eigenvalue weighted by Crippen LogP contribution is -2.28. The highest BCUT2D eigenvalue weighted by atomic mass is 16.5. The predicted molar refractivity (Wildman–Crippen MR) is 114 cm³/mol. The van der Waals surface area contributed by atoms with Crippen LogP contribution < -0.4 is 20.3 Å². The Morgan fingerprint density at radius 1 is 1.10 bits per heavy atom. The summed E-state index contributed by atoms with van der Waals surface area (Å²) in [5.41, 5.74) is 2.39. The van der Waals surface area contributed by atoms with Crippen LogP contribution in [0.25, 0.3) is 10.8 Å². The van der Waals surface area contributed by atoms with E-state index >= 15 is 0 Å². The topological polar surface area (TPSA) is 70.7 Å². The number of nitrogens with one attached hydrogen (secondary N) is 2. The summed E-state index contributed by atoms with van der Waals surface area (Å²) in [6.45, 7) is 1.11. The summed E-state index contributed by atoms with van der Waals surface area (Å²) >= 11 is 0. The Hall–Kier alpha value is -3.54. The molecule has 0 unspecified atom stereocenters. The van der Waals surface area contributed by atoms with E-state index in [0.717, 1.165) is 28.4 Å². The van der Waals surface area contributed by atoms with E-state index in [9.17, 15) is 9.59 Å². The van der Waals surface area contributed by atoms with Gasteiger partial charge in [0.15, 0.2) is 0 Å². The molecule has 148 valence electrons. The van der Waals surface area contributed by atoms with Crippen molar-refractivity contribution >= 4 is 34.1 Å². The second kappa shape index (κ2) is 8.22. The van der Waals surface area contributed by atoms with Gasteiger partial charge in [-0.15, -0.1) is 0 Å². The van der Waals surface area contributed by atoms with Crippen LogP contribution in [-0.2, 0) is 11.3 Å². The third-order valence-corrected chi connectivity index (χ3v) is 5.12. The van der Waals surface area contributed by atoms with Crippen molar-refractivity contribution in [2.24, 2.45) is 0 Å². The first kappa shape index (κ1) is 18.8. The molecule has 3 amide bonds. The van der Waals surface area contributed by atoms with Crippen molar-refractivity contribution in [1.82, 2.24) is 5.32 Å². The molecule has 0 bridgehead atoms. The third-order valence-electron chi connectivity index (χ3n) is 5.12. The average Bonchev–Trinajstić information content (AvgIpc) is 3.17. The molecule has 4 rings (SSSR count). The van der Waals surface area contributed by atoms with Crippen molar-refractivity contribution in [2.75, 3.05) is 23.9 Å². The molecule has 1 heterocycles. The van der Waals surface area contributed by atoms with E-state index in [1.807, 2.05) is 36.4 Å². The molecular weight excluding hydrogens is 366 g/mol. The van der Waals surface area contributed by atoms with E-state index in [4.69, 9.17) is 4.74 Å². The Labute approximate surface area is 169 Å². The maximum atomic E-state index is 12.4. The van der Waals surface area contributed by atoms with Crippen LogP contribution in [0.5, 0.6) is 5.75 Å². The predicted octanol–water partition coefficient (Wildman–Crippen LogP) is 4.30. The smallest absolute Gasteiger partial charge is 0.319 e. The van der Waals surface area contributed by atoms with E-state index < -0.39 is 0 Å². The van der Waals surface area contributed by atoms with Gasteiger partial charge in [-0.1, -0.05) is 42.5 Å². The molecule has 6 heteroatoms. The first-order chi connectivity index (χ1) is 14.2. The van der Waals surface area contributed by atoms with Gasteiger partial charge < -0.3 is 20.3 Å². The number of methoxy groups -OCH3 is 1. The maximum Gasteiger partial charge on any atom is 0.319 e. The number of benzene rings is 3. The fourth-order valence-electron chi connectivity index (χ4n) is 3.68. The molecule has 1 aliphatic heterocycles. The van der Waals surface area contributed by atoms with Crippen LogP contribution in [0.2, 0.25) is 0 Å². The van der Waals surface area contributed by atoms with Crippen LogP contribution in [-0.4, -0.2) is 25.6 Å². The molecule has 3 aromatic rings. The third kappa shape index (κ3) is 4.01. The van der Waals surface area contributed by atoms with Gasteiger partial charge in [-0.2, -0.15) is 0 Å². The number of nitrogens with zero attached hydrogens (tertiary/aromatic N) is 1. The van der Waals surface area contributed by atoms with Crippen molar-refractivity contribution in [3.63, 3.8) is 0 Å². The Balaban J connectivity index is 1.43. The molecule has 0 aromatic heterocycles. The highest BCUT2D eigenvalue weighted by molar-refractivity contribution is 5.97. The van der Waals surface area contributed by atoms with Gasteiger partial charge in [-0.3, -0.25) is 4.79 Å². The van der Waals surface area contributed by atoms with Gasteiger partial charge in [0.1, 0.15) is 5.75 Å². The molecule has 0 atom stereocenters. The van der Waals surface area contributed by atoms with Crippen LogP contribution in [0.15, 0.2) is 60.7 Å². The Kier molecular flexibility index (Phi) is 5.33. The number of urea groups is 1. The van der Waals surface area contributed by atoms with Crippen molar-refractivity contribution in [1.29, 1.82) is 0 Å². The Bertz CT molecular complexity index is 1060. The SMILES string of the molecule is COc1cc(NC(=O)NCc2cccc3ccccc23)ccc1N1CCCC1=O. The molecule has 0 saturated carbocycles. The van der Waals surface area contributed by atoms with Crippen LogP contribution in [0.1, 0.15) is 18.4 Å². The number of amides is 3. The molecule has 1 fully saturated rings. The van der Waals surface area contributed by atoms with Crippen molar-refractivity contribution in [3.8, 4) is 5.75 Å². The number of carbonyl (C=O) groups excluding carboxylic acids is 2. The number of hydrogen-bond acceptors (Lipinski definition) is 3. The summed E-state index contributed by atoms with van der Waals surface area (Å²) in [5.74, 6) is 0.656. The largest absolute Gasteiger partial charge is 0.494 e. The quantitative estimate of drug-likeness (QED) is 0.684. The van der Waals surface area contributed by atoms with E-state index in [1.165, 1.54) is 0 Å². The molecule has 29 heavy (non-hydrogen) atoms. The summed E-state index contributed by atoms with van der Waals surface area (Å²) in [7, 11) is 1.56. The minimum Gasteiger partial charge on any atom is -0.494 e. The molecule has 1 aliphatic rings. The summed E-state index contributed by atoms with van der Waals surface area (Å²) in [4.78, 5) is 26.1. The van der Waals surface area contributed by atoms with Gasteiger partial charge in [-0.25, -0.2) is 4.79 Å². The molecule has 0 aliphatic carbocycles. The Morgan fingerprint density at radius 3 is 2.72 bits per heavy atom. The molecule has 0 radical (unpaired) electrons. The van der Waals surface area contributed by atoms with Crippen molar-refractivity contribution < 1.29 is 14.3 Å². The van der Waals surface area contributed by atoms with Crippen LogP contribution in [0, 0.1) is 0 Å². The van der Waals surface area contributed by atoms with Gasteiger partial charge in [-0.05, 0) is 34.9 Å². The molecule has 3 aromatic carbocycles. The zero-order chi connectivity index (χ0) is 20.2. The molecule has 6 nitrogen and oxygen atoms in total. The van der Waals surface area contributed by atoms with Crippen LogP contribution in [0.4, 0.5) is 16.2 Å². The summed E-state index contributed by atoms with van der Waals surface area (Å²) in [5, 5.41) is 7.99. The fourth-order valence-corrected chi connectivity index (χ4v) is 3.68. The highest BCUT2D eigenvalue weighted by Crippen LogP contribution is 2.33. The van der Waals surface area contributed by atoms with Gasteiger partial charge in [0.2, 0.25) is 5.91 Å².